The Morgan fingerprint density at radius 1 is 1.04 bits per heavy atom. The largest absolute Gasteiger partial charge is 0.493 e. The zero-order valence-electron chi connectivity index (χ0n) is 15.7. The van der Waals surface area contributed by atoms with Crippen molar-refractivity contribution in [2.75, 3.05) is 7.11 Å². The van der Waals surface area contributed by atoms with Crippen LogP contribution in [0.4, 0.5) is 0 Å². The molecule has 146 valence electrons. The topological polar surface area (TPSA) is 71.1 Å². The normalized spacial score (nSPS) is 15.5. The third-order valence-electron chi connectivity index (χ3n) is 3.90. The number of benzene rings is 2. The Morgan fingerprint density at radius 2 is 1.75 bits per heavy atom. The van der Waals surface area contributed by atoms with Gasteiger partial charge in [-0.15, -0.1) is 0 Å². The van der Waals surface area contributed by atoms with Crippen molar-refractivity contribution in [1.82, 2.24) is 0 Å². The highest BCUT2D eigenvalue weighted by molar-refractivity contribution is 6.30. The lowest BCUT2D eigenvalue weighted by Crippen LogP contribution is -2.41. The van der Waals surface area contributed by atoms with Crippen molar-refractivity contribution in [2.24, 2.45) is 0 Å². The number of rotatable bonds is 5. The van der Waals surface area contributed by atoms with Crippen LogP contribution in [0.2, 0.25) is 5.02 Å². The maximum absolute atomic E-state index is 12.1. The monoisotopic (exact) mass is 402 g/mol. The van der Waals surface area contributed by atoms with Crippen LogP contribution in [0.5, 0.6) is 11.5 Å². The van der Waals surface area contributed by atoms with Gasteiger partial charge in [-0.2, -0.15) is 0 Å². The van der Waals surface area contributed by atoms with Gasteiger partial charge in [0.2, 0.25) is 0 Å². The van der Waals surface area contributed by atoms with E-state index in [-0.39, 0.29) is 12.2 Å². The highest BCUT2D eigenvalue weighted by Crippen LogP contribution is 2.31. The molecule has 6 nitrogen and oxygen atoms in total. The van der Waals surface area contributed by atoms with Gasteiger partial charge in [0.05, 0.1) is 7.11 Å². The molecule has 0 unspecified atom stereocenters. The number of methoxy groups -OCH3 is 1. The van der Waals surface area contributed by atoms with Gasteiger partial charge in [0.25, 0.3) is 5.79 Å². The second-order valence-electron chi connectivity index (χ2n) is 6.57. The number of esters is 2. The van der Waals surface area contributed by atoms with Crippen LogP contribution >= 0.6 is 11.6 Å². The maximum Gasteiger partial charge on any atom is 0.348 e. The van der Waals surface area contributed by atoms with E-state index in [0.717, 1.165) is 5.56 Å². The molecule has 7 heteroatoms. The molecule has 0 N–H and O–H groups in total. The van der Waals surface area contributed by atoms with E-state index >= 15 is 0 Å². The number of carbonyl (C=O) groups is 2. The van der Waals surface area contributed by atoms with E-state index in [1.165, 1.54) is 27.0 Å². The molecule has 2 aromatic carbocycles. The van der Waals surface area contributed by atoms with Gasteiger partial charge in [0.1, 0.15) is 12.2 Å². The zero-order chi connectivity index (χ0) is 20.3. The summed E-state index contributed by atoms with van der Waals surface area (Å²) in [4.78, 5) is 24.2. The molecular weight excluding hydrogens is 384 g/mol. The van der Waals surface area contributed by atoms with Crippen LogP contribution in [0.3, 0.4) is 0 Å². The van der Waals surface area contributed by atoms with Crippen molar-refractivity contribution in [3.8, 4) is 11.5 Å². The lowest BCUT2D eigenvalue weighted by atomic mass is 10.1. The van der Waals surface area contributed by atoms with Gasteiger partial charge >= 0.3 is 11.9 Å². The summed E-state index contributed by atoms with van der Waals surface area (Å²) in [5.41, 5.74) is 1.26. The van der Waals surface area contributed by atoms with Crippen molar-refractivity contribution in [2.45, 2.75) is 26.2 Å². The minimum absolute atomic E-state index is 0.190. The Kier molecular flexibility index (Phi) is 5.61. The molecule has 1 saturated heterocycles. The lowest BCUT2D eigenvalue weighted by Gasteiger charge is -2.29. The molecule has 0 atom stereocenters. The van der Waals surface area contributed by atoms with E-state index in [1.807, 2.05) is 12.1 Å². The molecule has 1 aliphatic heterocycles. The van der Waals surface area contributed by atoms with Crippen molar-refractivity contribution in [1.29, 1.82) is 0 Å². The average Bonchev–Trinajstić information content (AvgIpc) is 2.62. The van der Waals surface area contributed by atoms with Crippen molar-refractivity contribution in [3.63, 3.8) is 0 Å². The summed E-state index contributed by atoms with van der Waals surface area (Å²) in [5, 5.41) is 0.615. The number of hydrogen-bond donors (Lipinski definition) is 0. The van der Waals surface area contributed by atoms with Crippen molar-refractivity contribution >= 4 is 29.6 Å². The first-order chi connectivity index (χ1) is 13.3. The fourth-order valence-corrected chi connectivity index (χ4v) is 2.84. The number of halogens is 1. The number of ether oxygens (including phenoxy) is 4. The summed E-state index contributed by atoms with van der Waals surface area (Å²) in [6.45, 7) is 3.26. The number of hydrogen-bond acceptors (Lipinski definition) is 6. The fourth-order valence-electron chi connectivity index (χ4n) is 2.63. The Labute approximate surface area is 167 Å². The number of cyclic esters (lactones) is 2. The summed E-state index contributed by atoms with van der Waals surface area (Å²) < 4.78 is 21.4. The third kappa shape index (κ3) is 4.64. The average molecular weight is 403 g/mol. The summed E-state index contributed by atoms with van der Waals surface area (Å²) >= 11 is 5.99. The Balaban J connectivity index is 1.84. The molecule has 2 aromatic rings. The molecule has 1 heterocycles. The van der Waals surface area contributed by atoms with E-state index in [4.69, 9.17) is 30.5 Å². The van der Waals surface area contributed by atoms with Crippen molar-refractivity contribution < 1.29 is 28.5 Å². The first-order valence-corrected chi connectivity index (χ1v) is 8.89. The number of carbonyl (C=O) groups excluding carboxylic acids is 2. The highest BCUT2D eigenvalue weighted by atomic mass is 35.5. The Bertz CT molecular complexity index is 926. The summed E-state index contributed by atoms with van der Waals surface area (Å²) in [5.74, 6) is -1.79. The van der Waals surface area contributed by atoms with E-state index < -0.39 is 17.7 Å². The molecule has 1 fully saturated rings. The van der Waals surface area contributed by atoms with Gasteiger partial charge in [-0.05, 0) is 41.5 Å². The summed E-state index contributed by atoms with van der Waals surface area (Å²) in [6, 6.07) is 12.3. The zero-order valence-corrected chi connectivity index (χ0v) is 16.4. The van der Waals surface area contributed by atoms with Gasteiger partial charge in [-0.25, -0.2) is 9.59 Å². The Morgan fingerprint density at radius 3 is 2.39 bits per heavy atom. The lowest BCUT2D eigenvalue weighted by molar-refractivity contribution is -0.222. The van der Waals surface area contributed by atoms with Crippen LogP contribution in [0, 0.1) is 0 Å². The summed E-state index contributed by atoms with van der Waals surface area (Å²) in [7, 11) is 1.53. The molecule has 1 aliphatic rings. The van der Waals surface area contributed by atoms with E-state index in [2.05, 4.69) is 0 Å². The quantitative estimate of drug-likeness (QED) is 0.425. The van der Waals surface area contributed by atoms with E-state index in [9.17, 15) is 9.59 Å². The molecule has 0 bridgehead atoms. The molecule has 3 rings (SSSR count). The van der Waals surface area contributed by atoms with Gasteiger partial charge in [-0.3, -0.25) is 0 Å². The van der Waals surface area contributed by atoms with E-state index in [1.54, 1.807) is 30.3 Å². The maximum atomic E-state index is 12.1. The first kappa shape index (κ1) is 19.8. The molecule has 0 aliphatic carbocycles. The fraction of sp³-hybridized carbons (Fsp3) is 0.238. The molecule has 0 aromatic heterocycles. The SMILES string of the molecule is COc1ccc(C=C2C(=O)OC(C)(C)OC2=O)cc1OCc1cccc(Cl)c1. The van der Waals surface area contributed by atoms with E-state index in [0.29, 0.717) is 22.1 Å². The minimum atomic E-state index is -1.28. The molecule has 0 spiro atoms. The van der Waals surface area contributed by atoms with Gasteiger partial charge in [0, 0.05) is 18.9 Å². The predicted octanol–water partition coefficient (Wildman–Crippen LogP) is 4.15. The second kappa shape index (κ2) is 7.94. The third-order valence-corrected chi connectivity index (χ3v) is 4.13. The second-order valence-corrected chi connectivity index (χ2v) is 7.00. The molecule has 0 amide bonds. The van der Waals surface area contributed by atoms with Crippen LogP contribution in [0.1, 0.15) is 25.0 Å². The van der Waals surface area contributed by atoms with Crippen LogP contribution < -0.4 is 9.47 Å². The van der Waals surface area contributed by atoms with Gasteiger partial charge in [-0.1, -0.05) is 29.8 Å². The smallest absolute Gasteiger partial charge is 0.348 e. The molecule has 0 radical (unpaired) electrons. The predicted molar refractivity (Wildman–Crippen MR) is 103 cm³/mol. The molecule has 0 saturated carbocycles. The van der Waals surface area contributed by atoms with Crippen LogP contribution in [0.25, 0.3) is 6.08 Å². The van der Waals surface area contributed by atoms with Crippen LogP contribution in [0.15, 0.2) is 48.0 Å². The summed E-state index contributed by atoms with van der Waals surface area (Å²) in [6.07, 6.45) is 1.39. The standard InChI is InChI=1S/C21H19ClO6/c1-21(2)27-19(23)16(20(24)28-21)10-13-7-8-17(25-3)18(11-13)26-12-14-5-4-6-15(22)9-14/h4-11H,12H2,1-3H3. The van der Waals surface area contributed by atoms with Crippen molar-refractivity contribution in [3.05, 3.63) is 64.2 Å². The van der Waals surface area contributed by atoms with Crippen LogP contribution in [-0.2, 0) is 25.7 Å². The Hall–Kier alpha value is -2.99. The van der Waals surface area contributed by atoms with Crippen LogP contribution in [-0.4, -0.2) is 24.8 Å². The molecule has 28 heavy (non-hydrogen) atoms. The highest BCUT2D eigenvalue weighted by Gasteiger charge is 2.38. The minimum Gasteiger partial charge on any atom is -0.493 e. The van der Waals surface area contributed by atoms with Gasteiger partial charge in [0.15, 0.2) is 11.5 Å². The van der Waals surface area contributed by atoms with Gasteiger partial charge < -0.3 is 18.9 Å². The molecular formula is C21H19ClO6. The first-order valence-electron chi connectivity index (χ1n) is 8.51.